The molecule has 1 aliphatic carbocycles. The van der Waals surface area contributed by atoms with Crippen molar-refractivity contribution >= 4 is 17.3 Å². The molecule has 2 aromatic rings. The Kier molecular flexibility index (Phi) is 2.98. The zero-order valence-corrected chi connectivity index (χ0v) is 10.8. The third-order valence-electron chi connectivity index (χ3n) is 3.18. The molecule has 0 amide bonds. The van der Waals surface area contributed by atoms with Gasteiger partial charge in [0, 0.05) is 12.0 Å². The second-order valence-electron chi connectivity index (χ2n) is 4.52. The Hall–Kier alpha value is -3.03. The number of nitrogens with two attached hydrogens (primary N) is 1. The van der Waals surface area contributed by atoms with E-state index in [1.807, 2.05) is 0 Å². The summed E-state index contributed by atoms with van der Waals surface area (Å²) in [5.41, 5.74) is 6.70. The van der Waals surface area contributed by atoms with Crippen LogP contribution >= 0.6 is 0 Å². The van der Waals surface area contributed by atoms with Crippen LogP contribution in [-0.2, 0) is 6.42 Å². The number of Topliss-reactive ketones (excluding diaryl/α,β-unsaturated/α-hetero) is 1. The van der Waals surface area contributed by atoms with E-state index in [4.69, 9.17) is 10.5 Å². The number of anilines is 1. The van der Waals surface area contributed by atoms with Crippen LogP contribution in [0.3, 0.4) is 0 Å². The molecule has 0 saturated heterocycles. The molecular formula is C13H10N4O4. The van der Waals surface area contributed by atoms with Crippen molar-refractivity contribution in [2.24, 2.45) is 0 Å². The summed E-state index contributed by atoms with van der Waals surface area (Å²) >= 11 is 0. The Balaban J connectivity index is 1.86. The number of aryl methyl sites for hydroxylation is 1. The lowest BCUT2D eigenvalue weighted by atomic mass is 10.1. The largest absolute Gasteiger partial charge is 0.424 e. The molecule has 2 N–H and O–H groups in total. The molecular weight excluding hydrogens is 276 g/mol. The number of benzene rings is 1. The van der Waals surface area contributed by atoms with E-state index in [9.17, 15) is 14.9 Å². The molecule has 0 atom stereocenters. The van der Waals surface area contributed by atoms with Crippen molar-refractivity contribution < 1.29 is 14.5 Å². The molecule has 0 unspecified atom stereocenters. The lowest BCUT2D eigenvalue weighted by Crippen LogP contribution is -2.02. The molecule has 8 nitrogen and oxygen atoms in total. The number of rotatable bonds is 3. The highest BCUT2D eigenvalue weighted by Gasteiger charge is 2.20. The van der Waals surface area contributed by atoms with Crippen LogP contribution in [0.15, 0.2) is 24.4 Å². The van der Waals surface area contributed by atoms with Crippen LogP contribution in [0.4, 0.5) is 11.5 Å². The first kappa shape index (κ1) is 13.0. The summed E-state index contributed by atoms with van der Waals surface area (Å²) in [7, 11) is 0. The van der Waals surface area contributed by atoms with Crippen molar-refractivity contribution in [1.82, 2.24) is 9.97 Å². The molecule has 1 aromatic heterocycles. The van der Waals surface area contributed by atoms with Crippen LogP contribution in [0.1, 0.15) is 22.3 Å². The second-order valence-corrected chi connectivity index (χ2v) is 4.52. The smallest absolute Gasteiger partial charge is 0.329 e. The summed E-state index contributed by atoms with van der Waals surface area (Å²) in [5.74, 6) is 0.311. The molecule has 3 rings (SSSR count). The summed E-state index contributed by atoms with van der Waals surface area (Å²) in [5, 5.41) is 10.6. The van der Waals surface area contributed by atoms with Crippen molar-refractivity contribution in [2.45, 2.75) is 12.8 Å². The van der Waals surface area contributed by atoms with E-state index in [2.05, 4.69) is 9.97 Å². The number of nitro groups is 1. The van der Waals surface area contributed by atoms with Crippen LogP contribution in [0.5, 0.6) is 11.8 Å². The fourth-order valence-corrected chi connectivity index (χ4v) is 2.16. The Morgan fingerprint density at radius 1 is 1.33 bits per heavy atom. The van der Waals surface area contributed by atoms with E-state index in [1.54, 1.807) is 18.2 Å². The van der Waals surface area contributed by atoms with Crippen molar-refractivity contribution in [1.29, 1.82) is 0 Å². The van der Waals surface area contributed by atoms with Gasteiger partial charge in [-0.15, -0.1) is 0 Å². The van der Waals surface area contributed by atoms with E-state index < -0.39 is 4.92 Å². The van der Waals surface area contributed by atoms with E-state index in [0.717, 1.165) is 11.8 Å². The van der Waals surface area contributed by atoms with E-state index >= 15 is 0 Å². The summed E-state index contributed by atoms with van der Waals surface area (Å²) in [6.07, 6.45) is 2.17. The van der Waals surface area contributed by atoms with Gasteiger partial charge in [-0.25, -0.2) is 0 Å². The van der Waals surface area contributed by atoms with Crippen molar-refractivity contribution in [3.05, 3.63) is 45.6 Å². The first-order valence-corrected chi connectivity index (χ1v) is 6.15. The maximum atomic E-state index is 11.5. The van der Waals surface area contributed by atoms with E-state index in [0.29, 0.717) is 24.2 Å². The average Bonchev–Trinajstić information content (AvgIpc) is 2.80. The molecule has 0 spiro atoms. The minimum Gasteiger partial charge on any atom is -0.424 e. The molecule has 8 heteroatoms. The van der Waals surface area contributed by atoms with Gasteiger partial charge < -0.3 is 10.5 Å². The molecule has 0 fully saturated rings. The maximum absolute atomic E-state index is 11.5. The lowest BCUT2D eigenvalue weighted by molar-refractivity contribution is -0.384. The number of nitrogens with zero attached hydrogens (tertiary/aromatic N) is 3. The monoisotopic (exact) mass is 286 g/mol. The van der Waals surface area contributed by atoms with Crippen LogP contribution in [0.2, 0.25) is 0 Å². The third-order valence-corrected chi connectivity index (χ3v) is 3.18. The van der Waals surface area contributed by atoms with Crippen molar-refractivity contribution in [3.63, 3.8) is 0 Å². The number of hydrogen-bond donors (Lipinski definition) is 1. The molecule has 106 valence electrons. The Morgan fingerprint density at radius 2 is 2.14 bits per heavy atom. The number of carbonyl (C=O) groups excluding carboxylic acids is 1. The van der Waals surface area contributed by atoms with E-state index in [-0.39, 0.29) is 23.3 Å². The molecule has 0 radical (unpaired) electrons. The summed E-state index contributed by atoms with van der Waals surface area (Å²) in [6, 6.07) is 4.97. The molecule has 1 aromatic carbocycles. The van der Waals surface area contributed by atoms with E-state index in [1.165, 1.54) is 0 Å². The standard InChI is InChI=1S/C13H10N4O4/c14-12-10(17(19)20)6-15-13(16-12)21-8-2-3-9-7(5-8)1-4-11(9)18/h2-3,5-6H,1,4H2,(H2,14,15,16). The molecule has 0 saturated carbocycles. The number of ether oxygens (including phenoxy) is 1. The minimum absolute atomic E-state index is 0.0811. The topological polar surface area (TPSA) is 121 Å². The summed E-state index contributed by atoms with van der Waals surface area (Å²) in [6.45, 7) is 0. The van der Waals surface area contributed by atoms with Gasteiger partial charge in [0.15, 0.2) is 5.78 Å². The predicted molar refractivity (Wildman–Crippen MR) is 72.3 cm³/mol. The first-order chi connectivity index (χ1) is 10.0. The second kappa shape index (κ2) is 4.82. The normalized spacial score (nSPS) is 13.0. The average molecular weight is 286 g/mol. The summed E-state index contributed by atoms with van der Waals surface area (Å²) in [4.78, 5) is 29.0. The predicted octanol–water partition coefficient (Wildman–Crippen LogP) is 1.89. The summed E-state index contributed by atoms with van der Waals surface area (Å²) < 4.78 is 5.42. The van der Waals surface area contributed by atoms with Crippen LogP contribution < -0.4 is 10.5 Å². The first-order valence-electron chi connectivity index (χ1n) is 6.15. The number of fused-ring (bicyclic) bond motifs is 1. The van der Waals surface area contributed by atoms with Gasteiger partial charge in [-0.05, 0) is 30.2 Å². The van der Waals surface area contributed by atoms with Gasteiger partial charge in [-0.1, -0.05) is 0 Å². The fourth-order valence-electron chi connectivity index (χ4n) is 2.16. The molecule has 21 heavy (non-hydrogen) atoms. The molecule has 1 aliphatic rings. The van der Waals surface area contributed by atoms with Gasteiger partial charge in [0.05, 0.1) is 4.92 Å². The Morgan fingerprint density at radius 3 is 2.86 bits per heavy atom. The third kappa shape index (κ3) is 2.38. The number of carbonyl (C=O) groups is 1. The van der Waals surface area contributed by atoms with Crippen LogP contribution in [0.25, 0.3) is 0 Å². The maximum Gasteiger partial charge on any atom is 0.329 e. The van der Waals surface area contributed by atoms with Crippen LogP contribution in [-0.4, -0.2) is 20.7 Å². The minimum atomic E-state index is -0.667. The highest BCUT2D eigenvalue weighted by atomic mass is 16.6. The Bertz CT molecular complexity index is 760. The lowest BCUT2D eigenvalue weighted by Gasteiger charge is -2.06. The number of ketones is 1. The molecule has 1 heterocycles. The molecule has 0 aliphatic heterocycles. The van der Waals surface area contributed by atoms with Crippen LogP contribution in [0, 0.1) is 10.1 Å². The van der Waals surface area contributed by atoms with Gasteiger partial charge in [0.2, 0.25) is 5.82 Å². The fraction of sp³-hybridized carbons (Fsp3) is 0.154. The highest BCUT2D eigenvalue weighted by molar-refractivity contribution is 6.00. The number of aromatic nitrogens is 2. The zero-order chi connectivity index (χ0) is 15.0. The zero-order valence-electron chi connectivity index (χ0n) is 10.8. The van der Waals surface area contributed by atoms with Gasteiger partial charge in [0.1, 0.15) is 11.9 Å². The SMILES string of the molecule is Nc1nc(Oc2ccc3c(c2)CCC3=O)ncc1[N+](=O)[O-]. The van der Waals surface area contributed by atoms with Crippen molar-refractivity contribution in [2.75, 3.05) is 5.73 Å². The highest BCUT2D eigenvalue weighted by Crippen LogP contribution is 2.28. The molecule has 0 bridgehead atoms. The van der Waals surface area contributed by atoms with Gasteiger partial charge in [-0.2, -0.15) is 9.97 Å². The Labute approximate surface area is 118 Å². The van der Waals surface area contributed by atoms with Crippen molar-refractivity contribution in [3.8, 4) is 11.8 Å². The number of nitrogen functional groups attached to an aromatic ring is 1. The van der Waals surface area contributed by atoms with Gasteiger partial charge in [0.25, 0.3) is 0 Å². The quantitative estimate of drug-likeness (QED) is 0.675. The van der Waals surface area contributed by atoms with Gasteiger partial charge >= 0.3 is 11.7 Å². The van der Waals surface area contributed by atoms with Gasteiger partial charge in [-0.3, -0.25) is 14.9 Å². The number of hydrogen-bond acceptors (Lipinski definition) is 7.